The molecule has 0 spiro atoms. The standard InChI is InChI=1S/C13H13F3N2O2/c1-2-18-10(19)5-7(13(17)20)12(18)6-3-8(14)11(16)9(15)4-6/h3-4,7,12H,2,5H2,1H3,(H2,17,20)/t7-,12+/m0/s1. The van der Waals surface area contributed by atoms with Crippen LogP contribution in [-0.2, 0) is 9.59 Å². The summed E-state index contributed by atoms with van der Waals surface area (Å²) in [5.41, 5.74) is 5.26. The first kappa shape index (κ1) is 14.4. The number of benzene rings is 1. The molecular formula is C13H13F3N2O2. The third kappa shape index (κ3) is 2.23. The average molecular weight is 286 g/mol. The van der Waals surface area contributed by atoms with E-state index >= 15 is 0 Å². The zero-order valence-electron chi connectivity index (χ0n) is 10.7. The van der Waals surface area contributed by atoms with Crippen molar-refractivity contribution >= 4 is 11.8 Å². The fraction of sp³-hybridized carbons (Fsp3) is 0.385. The first-order valence-electron chi connectivity index (χ1n) is 6.10. The molecule has 2 amide bonds. The van der Waals surface area contributed by atoms with E-state index in [2.05, 4.69) is 0 Å². The van der Waals surface area contributed by atoms with Gasteiger partial charge >= 0.3 is 0 Å². The molecule has 20 heavy (non-hydrogen) atoms. The second-order valence-electron chi connectivity index (χ2n) is 4.64. The van der Waals surface area contributed by atoms with Crippen LogP contribution in [0, 0.1) is 23.4 Å². The van der Waals surface area contributed by atoms with E-state index in [4.69, 9.17) is 5.73 Å². The van der Waals surface area contributed by atoms with E-state index in [1.54, 1.807) is 6.92 Å². The van der Waals surface area contributed by atoms with Crippen LogP contribution < -0.4 is 5.73 Å². The van der Waals surface area contributed by atoms with Crippen molar-refractivity contribution in [2.24, 2.45) is 11.7 Å². The van der Waals surface area contributed by atoms with Crippen LogP contribution >= 0.6 is 0 Å². The summed E-state index contributed by atoms with van der Waals surface area (Å²) < 4.78 is 39.6. The lowest BCUT2D eigenvalue weighted by Gasteiger charge is -2.26. The number of hydrogen-bond donors (Lipinski definition) is 1. The highest BCUT2D eigenvalue weighted by Gasteiger charge is 2.43. The molecule has 1 aliphatic rings. The minimum absolute atomic E-state index is 0.0258. The van der Waals surface area contributed by atoms with Crippen molar-refractivity contribution in [1.29, 1.82) is 0 Å². The van der Waals surface area contributed by atoms with Gasteiger partial charge in [-0.2, -0.15) is 0 Å². The molecule has 0 saturated carbocycles. The number of nitrogens with two attached hydrogens (primary N) is 1. The number of halogens is 3. The average Bonchev–Trinajstić information content (AvgIpc) is 2.72. The molecule has 7 heteroatoms. The van der Waals surface area contributed by atoms with Gasteiger partial charge in [0.2, 0.25) is 11.8 Å². The summed E-state index contributed by atoms with van der Waals surface area (Å²) in [6.45, 7) is 1.93. The van der Waals surface area contributed by atoms with Gasteiger partial charge in [-0.05, 0) is 24.6 Å². The summed E-state index contributed by atoms with van der Waals surface area (Å²) in [4.78, 5) is 24.5. The summed E-state index contributed by atoms with van der Waals surface area (Å²) >= 11 is 0. The minimum Gasteiger partial charge on any atom is -0.369 e. The second kappa shape index (κ2) is 5.15. The number of hydrogen-bond acceptors (Lipinski definition) is 2. The lowest BCUT2D eigenvalue weighted by atomic mass is 9.93. The largest absolute Gasteiger partial charge is 0.369 e. The van der Waals surface area contributed by atoms with Gasteiger partial charge in [-0.25, -0.2) is 13.2 Å². The molecule has 0 unspecified atom stereocenters. The van der Waals surface area contributed by atoms with Crippen molar-refractivity contribution in [1.82, 2.24) is 4.90 Å². The zero-order valence-corrected chi connectivity index (χ0v) is 10.7. The van der Waals surface area contributed by atoms with Gasteiger partial charge in [-0.1, -0.05) is 0 Å². The Kier molecular flexibility index (Phi) is 3.69. The van der Waals surface area contributed by atoms with E-state index < -0.39 is 35.3 Å². The van der Waals surface area contributed by atoms with Crippen LogP contribution in [-0.4, -0.2) is 23.3 Å². The maximum Gasteiger partial charge on any atom is 0.223 e. The molecular weight excluding hydrogens is 273 g/mol. The minimum atomic E-state index is -1.59. The molecule has 108 valence electrons. The van der Waals surface area contributed by atoms with E-state index in [0.717, 1.165) is 12.1 Å². The second-order valence-corrected chi connectivity index (χ2v) is 4.64. The molecule has 1 aliphatic heterocycles. The Bertz CT molecular complexity index is 554. The third-order valence-electron chi connectivity index (χ3n) is 3.49. The number of rotatable bonds is 3. The highest BCUT2D eigenvalue weighted by molar-refractivity contribution is 5.89. The Balaban J connectivity index is 2.51. The predicted octanol–water partition coefficient (Wildman–Crippen LogP) is 1.50. The molecule has 1 heterocycles. The van der Waals surface area contributed by atoms with Crippen molar-refractivity contribution in [3.63, 3.8) is 0 Å². The lowest BCUT2D eigenvalue weighted by Crippen LogP contribution is -2.32. The number of carbonyl (C=O) groups excluding carboxylic acids is 2. The molecule has 0 bridgehead atoms. The lowest BCUT2D eigenvalue weighted by molar-refractivity contribution is -0.129. The molecule has 1 aromatic rings. The summed E-state index contributed by atoms with van der Waals surface area (Å²) in [5.74, 6) is -6.25. The number of likely N-dealkylation sites (tertiary alicyclic amines) is 1. The Morgan fingerprint density at radius 2 is 1.90 bits per heavy atom. The van der Waals surface area contributed by atoms with Crippen molar-refractivity contribution in [2.75, 3.05) is 6.54 Å². The maximum atomic E-state index is 13.3. The van der Waals surface area contributed by atoms with Crippen LogP contribution in [0.3, 0.4) is 0 Å². The highest BCUT2D eigenvalue weighted by atomic mass is 19.2. The molecule has 2 rings (SSSR count). The molecule has 2 atom stereocenters. The normalized spacial score (nSPS) is 22.4. The van der Waals surface area contributed by atoms with Crippen LogP contribution in [0.4, 0.5) is 13.2 Å². The third-order valence-corrected chi connectivity index (χ3v) is 3.49. The fourth-order valence-corrected chi connectivity index (χ4v) is 2.58. The molecule has 0 radical (unpaired) electrons. The van der Waals surface area contributed by atoms with Gasteiger partial charge < -0.3 is 10.6 Å². The molecule has 0 aromatic heterocycles. The Hall–Kier alpha value is -2.05. The topological polar surface area (TPSA) is 63.4 Å². The SMILES string of the molecule is CCN1C(=O)C[C@H](C(N)=O)[C@H]1c1cc(F)c(F)c(F)c1. The molecule has 1 saturated heterocycles. The Morgan fingerprint density at radius 1 is 1.35 bits per heavy atom. The summed E-state index contributed by atoms with van der Waals surface area (Å²) in [6, 6.07) is 0.718. The number of nitrogens with zero attached hydrogens (tertiary/aromatic N) is 1. The van der Waals surface area contributed by atoms with Crippen molar-refractivity contribution < 1.29 is 22.8 Å². The maximum absolute atomic E-state index is 13.3. The molecule has 1 fully saturated rings. The van der Waals surface area contributed by atoms with E-state index in [1.165, 1.54) is 4.90 Å². The van der Waals surface area contributed by atoms with Gasteiger partial charge in [0, 0.05) is 13.0 Å². The van der Waals surface area contributed by atoms with Gasteiger partial charge in [-0.15, -0.1) is 0 Å². The fourth-order valence-electron chi connectivity index (χ4n) is 2.58. The summed E-state index contributed by atoms with van der Waals surface area (Å²) in [6.07, 6.45) is -0.117. The molecule has 4 nitrogen and oxygen atoms in total. The highest BCUT2D eigenvalue weighted by Crippen LogP contribution is 2.38. The number of primary amides is 1. The van der Waals surface area contributed by atoms with Gasteiger partial charge in [0.05, 0.1) is 12.0 Å². The van der Waals surface area contributed by atoms with Crippen LogP contribution in [0.5, 0.6) is 0 Å². The van der Waals surface area contributed by atoms with E-state index in [-0.39, 0.29) is 24.4 Å². The predicted molar refractivity (Wildman–Crippen MR) is 63.7 cm³/mol. The van der Waals surface area contributed by atoms with Crippen LogP contribution in [0.1, 0.15) is 24.9 Å². The Morgan fingerprint density at radius 3 is 2.35 bits per heavy atom. The van der Waals surface area contributed by atoms with Crippen LogP contribution in [0.15, 0.2) is 12.1 Å². The zero-order chi connectivity index (χ0) is 15.0. The van der Waals surface area contributed by atoms with E-state index in [0.29, 0.717) is 0 Å². The van der Waals surface area contributed by atoms with Gasteiger partial charge in [0.25, 0.3) is 0 Å². The van der Waals surface area contributed by atoms with Gasteiger partial charge in [-0.3, -0.25) is 9.59 Å². The van der Waals surface area contributed by atoms with Crippen molar-refractivity contribution in [2.45, 2.75) is 19.4 Å². The Labute approximate surface area is 113 Å². The molecule has 0 aliphatic carbocycles. The van der Waals surface area contributed by atoms with Crippen LogP contribution in [0.2, 0.25) is 0 Å². The van der Waals surface area contributed by atoms with Gasteiger partial charge in [0.1, 0.15) is 0 Å². The molecule has 2 N–H and O–H groups in total. The first-order valence-corrected chi connectivity index (χ1v) is 6.10. The van der Waals surface area contributed by atoms with Crippen molar-refractivity contribution in [3.05, 3.63) is 35.1 Å². The summed E-state index contributed by atoms with van der Waals surface area (Å²) in [5, 5.41) is 0. The van der Waals surface area contributed by atoms with Gasteiger partial charge in [0.15, 0.2) is 17.5 Å². The van der Waals surface area contributed by atoms with Crippen LogP contribution in [0.25, 0.3) is 0 Å². The number of carbonyl (C=O) groups is 2. The number of amides is 2. The van der Waals surface area contributed by atoms with E-state index in [1.807, 2.05) is 0 Å². The smallest absolute Gasteiger partial charge is 0.223 e. The van der Waals surface area contributed by atoms with E-state index in [9.17, 15) is 22.8 Å². The molecule has 1 aromatic carbocycles. The van der Waals surface area contributed by atoms with Crippen molar-refractivity contribution in [3.8, 4) is 0 Å². The quantitative estimate of drug-likeness (QED) is 0.856. The first-order chi connectivity index (χ1) is 9.36. The monoisotopic (exact) mass is 286 g/mol. The summed E-state index contributed by atoms with van der Waals surface area (Å²) in [7, 11) is 0.